The van der Waals surface area contributed by atoms with Gasteiger partial charge in [-0.25, -0.2) is 13.2 Å². The number of methoxy groups -OCH3 is 1. The third kappa shape index (κ3) is 6.54. The molecule has 0 saturated carbocycles. The van der Waals surface area contributed by atoms with Crippen LogP contribution in [0.15, 0.2) is 71.6 Å². The van der Waals surface area contributed by atoms with Gasteiger partial charge in [-0.3, -0.25) is 19.6 Å². The first-order valence-corrected chi connectivity index (χ1v) is 11.6. The molecule has 182 valence electrons. The van der Waals surface area contributed by atoms with E-state index in [2.05, 4.69) is 10.0 Å². The molecule has 1 amide bonds. The highest BCUT2D eigenvalue weighted by molar-refractivity contribution is 7.92. The average molecular weight is 500 g/mol. The Bertz CT molecular complexity index is 1350. The standard InChI is InChI=1S/C23H21N3O8S/c1-15-3-7-17(8-4-15)25-35(31,32)19-10-5-16(6-11-19)23(28)34-14-22(27)24-20-12-9-18(33-2)13-21(20)26(29)30/h3-13,25H,14H2,1-2H3,(H,24,27). The number of carbonyl (C=O) groups excluding carboxylic acids is 2. The highest BCUT2D eigenvalue weighted by atomic mass is 32.2. The van der Waals surface area contributed by atoms with E-state index in [1.807, 2.05) is 6.92 Å². The van der Waals surface area contributed by atoms with Crippen LogP contribution in [0, 0.1) is 17.0 Å². The number of amides is 1. The second-order valence-corrected chi connectivity index (χ2v) is 8.94. The number of benzene rings is 3. The summed E-state index contributed by atoms with van der Waals surface area (Å²) >= 11 is 0. The van der Waals surface area contributed by atoms with Gasteiger partial charge in [-0.2, -0.15) is 0 Å². The van der Waals surface area contributed by atoms with Gasteiger partial charge in [0.05, 0.1) is 28.6 Å². The third-order valence-corrected chi connectivity index (χ3v) is 6.11. The number of aryl methyl sites for hydroxylation is 1. The Kier molecular flexibility index (Phi) is 7.66. The van der Waals surface area contributed by atoms with Gasteiger partial charge in [0.2, 0.25) is 0 Å². The minimum Gasteiger partial charge on any atom is -0.496 e. The molecule has 0 aliphatic rings. The van der Waals surface area contributed by atoms with E-state index in [1.165, 1.54) is 43.5 Å². The lowest BCUT2D eigenvalue weighted by Crippen LogP contribution is -2.21. The molecule has 0 heterocycles. The van der Waals surface area contributed by atoms with Gasteiger partial charge in [-0.05, 0) is 55.5 Å². The number of ether oxygens (including phenoxy) is 2. The van der Waals surface area contributed by atoms with Crippen molar-refractivity contribution in [2.24, 2.45) is 0 Å². The Balaban J connectivity index is 1.60. The van der Waals surface area contributed by atoms with Crippen molar-refractivity contribution >= 4 is 39.0 Å². The molecule has 12 heteroatoms. The highest BCUT2D eigenvalue weighted by Gasteiger charge is 2.19. The number of nitro benzene ring substituents is 1. The molecule has 3 aromatic rings. The van der Waals surface area contributed by atoms with E-state index in [-0.39, 0.29) is 27.6 Å². The van der Waals surface area contributed by atoms with Gasteiger partial charge in [0.1, 0.15) is 11.4 Å². The first-order chi connectivity index (χ1) is 16.6. The predicted molar refractivity (Wildman–Crippen MR) is 127 cm³/mol. The van der Waals surface area contributed by atoms with Gasteiger partial charge in [0.25, 0.3) is 21.6 Å². The van der Waals surface area contributed by atoms with Crippen molar-refractivity contribution in [3.63, 3.8) is 0 Å². The Morgan fingerprint density at radius 1 is 1.00 bits per heavy atom. The number of sulfonamides is 1. The largest absolute Gasteiger partial charge is 0.496 e. The fourth-order valence-corrected chi connectivity index (χ4v) is 3.96. The van der Waals surface area contributed by atoms with E-state index in [9.17, 15) is 28.1 Å². The maximum atomic E-state index is 12.5. The van der Waals surface area contributed by atoms with Crippen LogP contribution in [0.25, 0.3) is 0 Å². The van der Waals surface area contributed by atoms with Gasteiger partial charge in [0, 0.05) is 5.69 Å². The quantitative estimate of drug-likeness (QED) is 0.258. The summed E-state index contributed by atoms with van der Waals surface area (Å²) in [6.45, 7) is 1.17. The number of nitro groups is 1. The highest BCUT2D eigenvalue weighted by Crippen LogP contribution is 2.28. The predicted octanol–water partition coefficient (Wildman–Crippen LogP) is 3.51. The van der Waals surface area contributed by atoms with Crippen molar-refractivity contribution in [2.75, 3.05) is 23.8 Å². The van der Waals surface area contributed by atoms with Crippen molar-refractivity contribution in [3.05, 3.63) is 88.0 Å². The summed E-state index contributed by atoms with van der Waals surface area (Å²) in [7, 11) is -2.53. The van der Waals surface area contributed by atoms with E-state index in [1.54, 1.807) is 24.3 Å². The van der Waals surface area contributed by atoms with Gasteiger partial charge in [0.15, 0.2) is 6.61 Å². The lowest BCUT2D eigenvalue weighted by atomic mass is 10.2. The molecular weight excluding hydrogens is 478 g/mol. The van der Waals surface area contributed by atoms with Crippen LogP contribution < -0.4 is 14.8 Å². The summed E-state index contributed by atoms with van der Waals surface area (Å²) in [6, 6.07) is 15.6. The number of hydrogen-bond donors (Lipinski definition) is 2. The maximum absolute atomic E-state index is 12.5. The first-order valence-electron chi connectivity index (χ1n) is 10.1. The summed E-state index contributed by atoms with van der Waals surface area (Å²) in [5.74, 6) is -1.44. The van der Waals surface area contributed by atoms with Crippen molar-refractivity contribution in [2.45, 2.75) is 11.8 Å². The molecule has 0 aromatic heterocycles. The number of nitrogens with zero attached hydrogens (tertiary/aromatic N) is 1. The van der Waals surface area contributed by atoms with Crippen molar-refractivity contribution in [1.82, 2.24) is 0 Å². The number of anilines is 2. The molecule has 11 nitrogen and oxygen atoms in total. The van der Waals surface area contributed by atoms with Crippen LogP contribution in [0.5, 0.6) is 5.75 Å². The minimum absolute atomic E-state index is 0.0162. The Morgan fingerprint density at radius 3 is 2.26 bits per heavy atom. The maximum Gasteiger partial charge on any atom is 0.338 e. The van der Waals surface area contributed by atoms with Gasteiger partial charge >= 0.3 is 5.97 Å². The molecule has 0 spiro atoms. The zero-order valence-electron chi connectivity index (χ0n) is 18.7. The molecule has 0 atom stereocenters. The second-order valence-electron chi connectivity index (χ2n) is 7.26. The van der Waals surface area contributed by atoms with Crippen LogP contribution in [-0.4, -0.2) is 38.9 Å². The van der Waals surface area contributed by atoms with E-state index in [4.69, 9.17) is 9.47 Å². The Morgan fingerprint density at radius 2 is 1.66 bits per heavy atom. The SMILES string of the molecule is COc1ccc(NC(=O)COC(=O)c2ccc(S(=O)(=O)Nc3ccc(C)cc3)cc2)c([N+](=O)[O-])c1. The zero-order valence-corrected chi connectivity index (χ0v) is 19.5. The zero-order chi connectivity index (χ0) is 25.6. The number of rotatable bonds is 9. The van der Waals surface area contributed by atoms with Crippen molar-refractivity contribution in [3.8, 4) is 5.75 Å². The number of hydrogen-bond acceptors (Lipinski definition) is 8. The second kappa shape index (κ2) is 10.7. The Labute approximate surface area is 200 Å². The van der Waals surface area contributed by atoms with E-state index in [0.29, 0.717) is 5.69 Å². The van der Waals surface area contributed by atoms with Crippen LogP contribution in [0.3, 0.4) is 0 Å². The van der Waals surface area contributed by atoms with Crippen LogP contribution in [-0.2, 0) is 19.6 Å². The average Bonchev–Trinajstić information content (AvgIpc) is 2.84. The van der Waals surface area contributed by atoms with E-state index >= 15 is 0 Å². The molecule has 2 N–H and O–H groups in total. The first kappa shape index (κ1) is 25.2. The topological polar surface area (TPSA) is 154 Å². The summed E-state index contributed by atoms with van der Waals surface area (Å²) in [4.78, 5) is 34.8. The fraction of sp³-hybridized carbons (Fsp3) is 0.130. The summed E-state index contributed by atoms with van der Waals surface area (Å²) < 4.78 is 37.4. The molecule has 3 aromatic carbocycles. The fourth-order valence-electron chi connectivity index (χ4n) is 2.90. The lowest BCUT2D eigenvalue weighted by Gasteiger charge is -2.10. The number of carbonyl (C=O) groups is 2. The van der Waals surface area contributed by atoms with Crippen LogP contribution in [0.1, 0.15) is 15.9 Å². The molecule has 0 saturated heterocycles. The van der Waals surface area contributed by atoms with Gasteiger partial charge < -0.3 is 14.8 Å². The molecule has 0 aliphatic carbocycles. The van der Waals surface area contributed by atoms with Crippen LogP contribution >= 0.6 is 0 Å². The van der Waals surface area contributed by atoms with Crippen LogP contribution in [0.4, 0.5) is 17.1 Å². The summed E-state index contributed by atoms with van der Waals surface area (Å²) in [5, 5.41) is 13.5. The van der Waals surface area contributed by atoms with Gasteiger partial charge in [-0.1, -0.05) is 17.7 Å². The van der Waals surface area contributed by atoms with Crippen molar-refractivity contribution < 1.29 is 32.4 Å². The molecule has 0 bridgehead atoms. The molecule has 0 unspecified atom stereocenters. The molecule has 0 fully saturated rings. The third-order valence-electron chi connectivity index (χ3n) is 4.71. The van der Waals surface area contributed by atoms with E-state index < -0.39 is 33.4 Å². The van der Waals surface area contributed by atoms with E-state index in [0.717, 1.165) is 11.6 Å². The molecule has 35 heavy (non-hydrogen) atoms. The summed E-state index contributed by atoms with van der Waals surface area (Å²) in [6.07, 6.45) is 0. The lowest BCUT2D eigenvalue weighted by molar-refractivity contribution is -0.384. The van der Waals surface area contributed by atoms with Crippen LogP contribution in [0.2, 0.25) is 0 Å². The molecule has 0 radical (unpaired) electrons. The van der Waals surface area contributed by atoms with Crippen molar-refractivity contribution in [1.29, 1.82) is 0 Å². The number of esters is 1. The normalized spacial score (nSPS) is 10.8. The minimum atomic E-state index is -3.88. The monoisotopic (exact) mass is 499 g/mol. The molecule has 3 rings (SSSR count). The Hall–Kier alpha value is -4.45. The smallest absolute Gasteiger partial charge is 0.338 e. The van der Waals surface area contributed by atoms with Gasteiger partial charge in [-0.15, -0.1) is 0 Å². The molecule has 0 aliphatic heterocycles. The molecular formula is C23H21N3O8S. The summed E-state index contributed by atoms with van der Waals surface area (Å²) in [5.41, 5.74) is 0.906. The number of nitrogens with one attached hydrogen (secondary N) is 2.